The maximum absolute atomic E-state index is 5.97. The van der Waals surface area contributed by atoms with E-state index in [-0.39, 0.29) is 0 Å². The number of nitrogens with zero attached hydrogens (tertiary/aromatic N) is 1. The van der Waals surface area contributed by atoms with Crippen molar-refractivity contribution < 1.29 is 0 Å². The summed E-state index contributed by atoms with van der Waals surface area (Å²) in [6, 6.07) is 7.62. The topological polar surface area (TPSA) is 30.9 Å². The van der Waals surface area contributed by atoms with Gasteiger partial charge in [0.2, 0.25) is 0 Å². The highest BCUT2D eigenvalue weighted by Gasteiger charge is 2.02. The molecule has 1 aromatic heterocycles. The van der Waals surface area contributed by atoms with E-state index in [4.69, 9.17) is 28.9 Å². The van der Waals surface area contributed by atoms with Crippen molar-refractivity contribution in [1.82, 2.24) is 4.57 Å². The molecule has 0 fully saturated rings. The minimum absolute atomic E-state index is 0.563. The van der Waals surface area contributed by atoms with Crippen LogP contribution in [0.2, 0.25) is 10.0 Å². The van der Waals surface area contributed by atoms with Crippen LogP contribution in [-0.2, 0) is 6.42 Å². The summed E-state index contributed by atoms with van der Waals surface area (Å²) in [6.45, 7) is 0.658. The van der Waals surface area contributed by atoms with Gasteiger partial charge in [-0.05, 0) is 42.8 Å². The Morgan fingerprint density at radius 2 is 1.94 bits per heavy atom. The first-order valence-electron chi connectivity index (χ1n) is 5.03. The second kappa shape index (κ2) is 4.91. The third kappa shape index (κ3) is 2.40. The summed E-state index contributed by atoms with van der Waals surface area (Å²) in [5, 5.41) is 1.13. The molecule has 0 aliphatic heterocycles. The molecule has 0 unspecified atom stereocenters. The van der Waals surface area contributed by atoms with Gasteiger partial charge in [-0.3, -0.25) is 0 Å². The normalized spacial score (nSPS) is 10.7. The fourth-order valence-electron chi connectivity index (χ4n) is 1.56. The first-order valence-corrected chi connectivity index (χ1v) is 5.78. The van der Waals surface area contributed by atoms with E-state index in [9.17, 15) is 0 Å². The fourth-order valence-corrected chi connectivity index (χ4v) is 1.85. The first-order chi connectivity index (χ1) is 7.70. The van der Waals surface area contributed by atoms with Crippen molar-refractivity contribution in [2.45, 2.75) is 6.42 Å². The predicted octanol–water partition coefficient (Wildman–Crippen LogP) is 3.29. The van der Waals surface area contributed by atoms with Gasteiger partial charge >= 0.3 is 0 Å². The van der Waals surface area contributed by atoms with Crippen LogP contribution < -0.4 is 5.73 Å². The van der Waals surface area contributed by atoms with Crippen molar-refractivity contribution in [3.8, 4) is 5.69 Å². The van der Waals surface area contributed by atoms with Crippen LogP contribution >= 0.6 is 23.2 Å². The summed E-state index contributed by atoms with van der Waals surface area (Å²) in [4.78, 5) is 0. The molecule has 84 valence electrons. The summed E-state index contributed by atoms with van der Waals surface area (Å²) in [5.74, 6) is 0. The molecule has 4 heteroatoms. The quantitative estimate of drug-likeness (QED) is 0.896. The SMILES string of the molecule is NCCc1ccn(-c2ccc(Cl)c(Cl)c2)c1. The predicted molar refractivity (Wildman–Crippen MR) is 68.5 cm³/mol. The number of nitrogens with two attached hydrogens (primary N) is 1. The molecule has 0 radical (unpaired) electrons. The first kappa shape index (κ1) is 11.5. The van der Waals surface area contributed by atoms with E-state index in [0.717, 1.165) is 12.1 Å². The van der Waals surface area contributed by atoms with Crippen molar-refractivity contribution in [1.29, 1.82) is 0 Å². The van der Waals surface area contributed by atoms with E-state index in [0.29, 0.717) is 16.6 Å². The van der Waals surface area contributed by atoms with Gasteiger partial charge in [0.25, 0.3) is 0 Å². The number of benzene rings is 1. The maximum atomic E-state index is 5.97. The van der Waals surface area contributed by atoms with Crippen LogP contribution in [0.4, 0.5) is 0 Å². The van der Waals surface area contributed by atoms with Gasteiger partial charge in [0.15, 0.2) is 0 Å². The summed E-state index contributed by atoms with van der Waals surface area (Å²) in [7, 11) is 0. The van der Waals surface area contributed by atoms with Gasteiger partial charge < -0.3 is 10.3 Å². The molecule has 2 N–H and O–H groups in total. The second-order valence-corrected chi connectivity index (χ2v) is 4.38. The molecular weight excluding hydrogens is 243 g/mol. The molecule has 0 aliphatic rings. The molecule has 0 saturated heterocycles. The van der Waals surface area contributed by atoms with E-state index in [2.05, 4.69) is 6.07 Å². The van der Waals surface area contributed by atoms with Crippen molar-refractivity contribution in [3.05, 3.63) is 52.3 Å². The number of rotatable bonds is 3. The standard InChI is InChI=1S/C12H12Cl2N2/c13-11-2-1-10(7-12(11)14)16-6-4-9(8-16)3-5-15/h1-2,4,6-8H,3,5,15H2. The maximum Gasteiger partial charge on any atom is 0.0613 e. The van der Waals surface area contributed by atoms with Crippen LogP contribution in [0.5, 0.6) is 0 Å². The zero-order valence-electron chi connectivity index (χ0n) is 8.66. The molecule has 2 rings (SSSR count). The smallest absolute Gasteiger partial charge is 0.0613 e. The highest BCUT2D eigenvalue weighted by atomic mass is 35.5. The van der Waals surface area contributed by atoms with E-state index < -0.39 is 0 Å². The van der Waals surface area contributed by atoms with Gasteiger partial charge in [-0.25, -0.2) is 0 Å². The third-order valence-electron chi connectivity index (χ3n) is 2.39. The van der Waals surface area contributed by atoms with Gasteiger partial charge in [0, 0.05) is 18.1 Å². The number of aromatic nitrogens is 1. The van der Waals surface area contributed by atoms with E-state index >= 15 is 0 Å². The molecular formula is C12H12Cl2N2. The summed E-state index contributed by atoms with van der Waals surface area (Å²) >= 11 is 11.8. The van der Waals surface area contributed by atoms with Gasteiger partial charge in [-0.1, -0.05) is 23.2 Å². The molecule has 0 bridgehead atoms. The Balaban J connectivity index is 2.31. The molecule has 1 aromatic carbocycles. The molecule has 0 amide bonds. The Kier molecular flexibility index (Phi) is 3.54. The zero-order chi connectivity index (χ0) is 11.5. The van der Waals surface area contributed by atoms with E-state index in [1.165, 1.54) is 5.56 Å². The lowest BCUT2D eigenvalue weighted by molar-refractivity contribution is 0.961. The monoisotopic (exact) mass is 254 g/mol. The van der Waals surface area contributed by atoms with E-state index in [1.54, 1.807) is 6.07 Å². The Hall–Kier alpha value is -0.960. The highest BCUT2D eigenvalue weighted by molar-refractivity contribution is 6.42. The average molecular weight is 255 g/mol. The van der Waals surface area contributed by atoms with Crippen LogP contribution in [0.3, 0.4) is 0 Å². The number of hydrogen-bond acceptors (Lipinski definition) is 1. The Bertz CT molecular complexity index is 492. The summed E-state index contributed by atoms with van der Waals surface area (Å²) in [5.41, 5.74) is 7.72. The lowest BCUT2D eigenvalue weighted by Crippen LogP contribution is -2.01. The Morgan fingerprint density at radius 1 is 1.12 bits per heavy atom. The molecule has 0 saturated carbocycles. The minimum atomic E-state index is 0.563. The highest BCUT2D eigenvalue weighted by Crippen LogP contribution is 2.24. The molecule has 2 aromatic rings. The number of hydrogen-bond donors (Lipinski definition) is 1. The van der Waals surface area contributed by atoms with Crippen LogP contribution in [0, 0.1) is 0 Å². The zero-order valence-corrected chi connectivity index (χ0v) is 10.2. The third-order valence-corrected chi connectivity index (χ3v) is 3.13. The van der Waals surface area contributed by atoms with Crippen LogP contribution in [-0.4, -0.2) is 11.1 Å². The van der Waals surface area contributed by atoms with Crippen LogP contribution in [0.25, 0.3) is 5.69 Å². The lowest BCUT2D eigenvalue weighted by atomic mass is 10.2. The lowest BCUT2D eigenvalue weighted by Gasteiger charge is -2.04. The van der Waals surface area contributed by atoms with Crippen LogP contribution in [0.1, 0.15) is 5.56 Å². The van der Waals surface area contributed by atoms with E-state index in [1.807, 2.05) is 29.1 Å². The second-order valence-electron chi connectivity index (χ2n) is 3.56. The van der Waals surface area contributed by atoms with Crippen molar-refractivity contribution in [2.24, 2.45) is 5.73 Å². The van der Waals surface area contributed by atoms with Crippen molar-refractivity contribution >= 4 is 23.2 Å². The van der Waals surface area contributed by atoms with Crippen molar-refractivity contribution in [2.75, 3.05) is 6.54 Å². The number of halogens is 2. The molecule has 0 aliphatic carbocycles. The molecule has 16 heavy (non-hydrogen) atoms. The fraction of sp³-hybridized carbons (Fsp3) is 0.167. The Labute approximate surface area is 105 Å². The van der Waals surface area contributed by atoms with Crippen LogP contribution in [0.15, 0.2) is 36.7 Å². The summed E-state index contributed by atoms with van der Waals surface area (Å²) in [6.07, 6.45) is 4.92. The Morgan fingerprint density at radius 3 is 2.62 bits per heavy atom. The summed E-state index contributed by atoms with van der Waals surface area (Å²) < 4.78 is 2.01. The molecule has 0 spiro atoms. The van der Waals surface area contributed by atoms with Crippen molar-refractivity contribution in [3.63, 3.8) is 0 Å². The average Bonchev–Trinajstić information content (AvgIpc) is 2.71. The van der Waals surface area contributed by atoms with Gasteiger partial charge in [0.1, 0.15) is 0 Å². The minimum Gasteiger partial charge on any atom is -0.330 e. The molecule has 2 nitrogen and oxygen atoms in total. The van der Waals surface area contributed by atoms with Gasteiger partial charge in [-0.15, -0.1) is 0 Å². The molecule has 0 atom stereocenters. The largest absolute Gasteiger partial charge is 0.330 e. The van der Waals surface area contributed by atoms with Gasteiger partial charge in [0.05, 0.1) is 10.0 Å². The molecule has 1 heterocycles. The van der Waals surface area contributed by atoms with Gasteiger partial charge in [-0.2, -0.15) is 0 Å².